The first-order chi connectivity index (χ1) is 15.3. The second-order valence-electron chi connectivity index (χ2n) is 8.16. The molecule has 0 saturated carbocycles. The van der Waals surface area contributed by atoms with Crippen LogP contribution in [0.3, 0.4) is 0 Å². The first kappa shape index (κ1) is 25.7. The minimum atomic E-state index is -0.505. The van der Waals surface area contributed by atoms with Gasteiger partial charge in [-0.2, -0.15) is 0 Å². The lowest BCUT2D eigenvalue weighted by molar-refractivity contribution is -0.141. The molecule has 0 aliphatic rings. The van der Waals surface area contributed by atoms with Crippen LogP contribution in [-0.4, -0.2) is 35.4 Å². The summed E-state index contributed by atoms with van der Waals surface area (Å²) in [6.07, 6.45) is 2.28. The number of nitrogens with one attached hydrogen (secondary N) is 1. The molecule has 2 aromatic rings. The number of rotatable bonds is 12. The van der Waals surface area contributed by atoms with Crippen LogP contribution in [0.2, 0.25) is 5.02 Å². The molecule has 0 aromatic heterocycles. The van der Waals surface area contributed by atoms with Crippen molar-refractivity contribution in [2.75, 3.05) is 6.61 Å². The Morgan fingerprint density at radius 3 is 2.28 bits per heavy atom. The summed E-state index contributed by atoms with van der Waals surface area (Å²) in [7, 11) is 0. The predicted molar refractivity (Wildman–Crippen MR) is 130 cm³/mol. The number of halogens is 1. The lowest BCUT2D eigenvalue weighted by Gasteiger charge is -2.31. The number of hydrogen-bond acceptors (Lipinski definition) is 3. The third-order valence-corrected chi connectivity index (χ3v) is 5.73. The molecule has 0 saturated heterocycles. The van der Waals surface area contributed by atoms with Crippen molar-refractivity contribution in [2.45, 2.75) is 72.0 Å². The highest BCUT2D eigenvalue weighted by atomic mass is 35.5. The second-order valence-corrected chi connectivity index (χ2v) is 8.59. The van der Waals surface area contributed by atoms with Crippen molar-refractivity contribution in [1.29, 1.82) is 0 Å². The number of benzene rings is 2. The summed E-state index contributed by atoms with van der Waals surface area (Å²) < 4.78 is 5.72. The standard InChI is InChI=1S/C26H35ClN2O3/c1-5-20(4)28-26(31)24(6-2)29(18-21-11-9-19(3)10-12-21)25(30)8-7-17-32-23-15-13-22(27)14-16-23/h9-16,20,24H,5-8,17-18H2,1-4H3,(H,28,31)/t20-,24-/m0/s1. The van der Waals surface area contributed by atoms with Crippen LogP contribution in [0.4, 0.5) is 0 Å². The molecule has 0 aliphatic heterocycles. The van der Waals surface area contributed by atoms with Crippen LogP contribution in [-0.2, 0) is 16.1 Å². The average Bonchev–Trinajstić information content (AvgIpc) is 2.78. The van der Waals surface area contributed by atoms with E-state index >= 15 is 0 Å². The van der Waals surface area contributed by atoms with E-state index < -0.39 is 6.04 Å². The fraction of sp³-hybridized carbons (Fsp3) is 0.462. The Morgan fingerprint density at radius 2 is 1.69 bits per heavy atom. The highest BCUT2D eigenvalue weighted by molar-refractivity contribution is 6.30. The van der Waals surface area contributed by atoms with Gasteiger partial charge < -0.3 is 15.0 Å². The van der Waals surface area contributed by atoms with Gasteiger partial charge in [-0.1, -0.05) is 55.3 Å². The zero-order valence-corrected chi connectivity index (χ0v) is 20.3. The highest BCUT2D eigenvalue weighted by Crippen LogP contribution is 2.17. The Bertz CT molecular complexity index is 852. The van der Waals surface area contributed by atoms with Gasteiger partial charge in [0, 0.05) is 24.0 Å². The molecule has 2 aromatic carbocycles. The smallest absolute Gasteiger partial charge is 0.243 e. The molecule has 2 atom stereocenters. The number of carbonyl (C=O) groups excluding carboxylic acids is 2. The fourth-order valence-corrected chi connectivity index (χ4v) is 3.46. The topological polar surface area (TPSA) is 58.6 Å². The third-order valence-electron chi connectivity index (χ3n) is 5.48. The molecule has 32 heavy (non-hydrogen) atoms. The van der Waals surface area contributed by atoms with E-state index in [0.29, 0.717) is 37.4 Å². The van der Waals surface area contributed by atoms with Crippen molar-refractivity contribution < 1.29 is 14.3 Å². The van der Waals surface area contributed by atoms with E-state index in [2.05, 4.69) is 5.32 Å². The molecule has 5 nitrogen and oxygen atoms in total. The number of amides is 2. The zero-order chi connectivity index (χ0) is 23.5. The molecule has 0 bridgehead atoms. The summed E-state index contributed by atoms with van der Waals surface area (Å²) in [6, 6.07) is 14.8. The molecule has 0 fully saturated rings. The first-order valence-electron chi connectivity index (χ1n) is 11.4. The van der Waals surface area contributed by atoms with E-state index in [9.17, 15) is 9.59 Å². The number of nitrogens with zero attached hydrogens (tertiary/aromatic N) is 1. The van der Waals surface area contributed by atoms with Crippen LogP contribution in [0.1, 0.15) is 57.6 Å². The van der Waals surface area contributed by atoms with E-state index in [1.165, 1.54) is 0 Å². The van der Waals surface area contributed by atoms with Gasteiger partial charge in [0.2, 0.25) is 11.8 Å². The number of aryl methyl sites for hydroxylation is 1. The average molecular weight is 459 g/mol. The van der Waals surface area contributed by atoms with Crippen molar-refractivity contribution in [2.24, 2.45) is 0 Å². The molecule has 174 valence electrons. The van der Waals surface area contributed by atoms with Crippen molar-refractivity contribution >= 4 is 23.4 Å². The van der Waals surface area contributed by atoms with Gasteiger partial charge in [0.05, 0.1) is 6.61 Å². The summed E-state index contributed by atoms with van der Waals surface area (Å²) in [5.74, 6) is 0.578. The van der Waals surface area contributed by atoms with Crippen molar-refractivity contribution in [3.05, 3.63) is 64.7 Å². The van der Waals surface area contributed by atoms with E-state index in [1.54, 1.807) is 29.2 Å². The summed E-state index contributed by atoms with van der Waals surface area (Å²) >= 11 is 5.90. The first-order valence-corrected chi connectivity index (χ1v) is 11.8. The molecular formula is C26H35ClN2O3. The number of carbonyl (C=O) groups is 2. The Hall–Kier alpha value is -2.53. The molecule has 0 aliphatic carbocycles. The lowest BCUT2D eigenvalue weighted by atomic mass is 10.1. The predicted octanol–water partition coefficient (Wildman–Crippen LogP) is 5.53. The summed E-state index contributed by atoms with van der Waals surface area (Å²) in [5, 5.41) is 3.69. The maximum absolute atomic E-state index is 13.2. The maximum atomic E-state index is 13.2. The Labute approximate surface area is 197 Å². The Balaban J connectivity index is 2.05. The molecule has 2 amide bonds. The molecule has 1 N–H and O–H groups in total. The molecular weight excluding hydrogens is 424 g/mol. The second kappa shape index (κ2) is 13.1. The van der Waals surface area contributed by atoms with E-state index in [4.69, 9.17) is 16.3 Å². The third kappa shape index (κ3) is 8.19. The molecule has 0 unspecified atom stereocenters. The van der Waals surface area contributed by atoms with Crippen molar-refractivity contribution in [3.63, 3.8) is 0 Å². The largest absolute Gasteiger partial charge is 0.494 e. The van der Waals surface area contributed by atoms with Gasteiger partial charge in [-0.25, -0.2) is 0 Å². The molecule has 6 heteroatoms. The van der Waals surface area contributed by atoms with Crippen LogP contribution in [0.15, 0.2) is 48.5 Å². The van der Waals surface area contributed by atoms with Crippen LogP contribution >= 0.6 is 11.6 Å². The van der Waals surface area contributed by atoms with Crippen LogP contribution < -0.4 is 10.1 Å². The molecule has 0 spiro atoms. The van der Waals surface area contributed by atoms with E-state index in [0.717, 1.165) is 23.3 Å². The van der Waals surface area contributed by atoms with Gasteiger partial charge in [-0.15, -0.1) is 0 Å². The quantitative estimate of drug-likeness (QED) is 0.425. The van der Waals surface area contributed by atoms with Crippen molar-refractivity contribution in [3.8, 4) is 5.75 Å². The molecule has 0 heterocycles. The summed E-state index contributed by atoms with van der Waals surface area (Å²) in [6.45, 7) is 8.81. The van der Waals surface area contributed by atoms with Crippen LogP contribution in [0.25, 0.3) is 0 Å². The summed E-state index contributed by atoms with van der Waals surface area (Å²) in [5.41, 5.74) is 2.17. The minimum absolute atomic E-state index is 0.0450. The molecule has 0 radical (unpaired) electrons. The van der Waals surface area contributed by atoms with Crippen molar-refractivity contribution in [1.82, 2.24) is 10.2 Å². The summed E-state index contributed by atoms with van der Waals surface area (Å²) in [4.78, 5) is 27.9. The van der Waals surface area contributed by atoms with Crippen LogP contribution in [0, 0.1) is 6.92 Å². The Kier molecular flexibility index (Phi) is 10.5. The number of hydrogen-bond donors (Lipinski definition) is 1. The van der Waals surface area contributed by atoms with Gasteiger partial charge in [0.15, 0.2) is 0 Å². The highest BCUT2D eigenvalue weighted by Gasteiger charge is 2.28. The normalized spacial score (nSPS) is 12.7. The Morgan fingerprint density at radius 1 is 1.03 bits per heavy atom. The molecule has 2 rings (SSSR count). The van der Waals surface area contributed by atoms with Gasteiger partial charge in [-0.05, 0) is 62.9 Å². The minimum Gasteiger partial charge on any atom is -0.494 e. The van der Waals surface area contributed by atoms with Crippen LogP contribution in [0.5, 0.6) is 5.75 Å². The fourth-order valence-electron chi connectivity index (χ4n) is 3.34. The van der Waals surface area contributed by atoms with E-state index in [1.807, 2.05) is 52.0 Å². The van der Waals surface area contributed by atoms with Gasteiger partial charge in [0.25, 0.3) is 0 Å². The maximum Gasteiger partial charge on any atom is 0.243 e. The lowest BCUT2D eigenvalue weighted by Crippen LogP contribution is -2.50. The number of ether oxygens (including phenoxy) is 1. The zero-order valence-electron chi connectivity index (χ0n) is 19.6. The van der Waals surface area contributed by atoms with Gasteiger partial charge in [0.1, 0.15) is 11.8 Å². The SMILES string of the molecule is CC[C@H](C)NC(=O)[C@H](CC)N(Cc1ccc(C)cc1)C(=O)CCCOc1ccc(Cl)cc1. The van der Waals surface area contributed by atoms with Gasteiger partial charge in [-0.3, -0.25) is 9.59 Å². The monoisotopic (exact) mass is 458 g/mol. The van der Waals surface area contributed by atoms with Gasteiger partial charge >= 0.3 is 0 Å². The van der Waals surface area contributed by atoms with E-state index in [-0.39, 0.29) is 17.9 Å².